The highest BCUT2D eigenvalue weighted by atomic mass is 19.1. The zero-order valence-corrected chi connectivity index (χ0v) is 10.4. The van der Waals surface area contributed by atoms with Crippen LogP contribution in [-0.4, -0.2) is 23.8 Å². The Hall–Kier alpha value is -2.24. The van der Waals surface area contributed by atoms with Crippen molar-refractivity contribution < 1.29 is 23.5 Å². The molecular formula is C13H14FNO4. The van der Waals surface area contributed by atoms with E-state index < -0.39 is 23.8 Å². The van der Waals surface area contributed by atoms with Gasteiger partial charge in [0.25, 0.3) is 5.91 Å². The Morgan fingerprint density at radius 3 is 2.32 bits per heavy atom. The monoisotopic (exact) mass is 267 g/mol. The quantitative estimate of drug-likeness (QED) is 0.620. The van der Waals surface area contributed by atoms with Crippen molar-refractivity contribution in [1.82, 2.24) is 0 Å². The number of esters is 1. The summed E-state index contributed by atoms with van der Waals surface area (Å²) < 4.78 is 17.3. The third-order valence-electron chi connectivity index (χ3n) is 2.43. The van der Waals surface area contributed by atoms with E-state index in [2.05, 4.69) is 0 Å². The Morgan fingerprint density at radius 1 is 1.21 bits per heavy atom. The van der Waals surface area contributed by atoms with Crippen molar-refractivity contribution in [2.75, 3.05) is 0 Å². The molecule has 1 amide bonds. The maximum absolute atomic E-state index is 12.7. The van der Waals surface area contributed by atoms with Gasteiger partial charge in [0, 0.05) is 12.0 Å². The molecule has 0 bridgehead atoms. The van der Waals surface area contributed by atoms with Gasteiger partial charge in [-0.25, -0.2) is 4.39 Å². The van der Waals surface area contributed by atoms with Gasteiger partial charge in [-0.15, -0.1) is 0 Å². The number of carbonyl (C=O) groups is 3. The average Bonchev–Trinajstić information content (AvgIpc) is 2.36. The van der Waals surface area contributed by atoms with E-state index in [9.17, 15) is 18.8 Å². The van der Waals surface area contributed by atoms with E-state index in [1.807, 2.05) is 0 Å². The van der Waals surface area contributed by atoms with Gasteiger partial charge in [-0.05, 0) is 31.2 Å². The molecule has 0 aromatic heterocycles. The van der Waals surface area contributed by atoms with E-state index in [1.165, 1.54) is 31.2 Å². The summed E-state index contributed by atoms with van der Waals surface area (Å²) in [7, 11) is 0. The van der Waals surface area contributed by atoms with Crippen LogP contribution in [0.3, 0.4) is 0 Å². The molecule has 0 spiro atoms. The highest BCUT2D eigenvalue weighted by Gasteiger charge is 2.16. The fourth-order valence-corrected chi connectivity index (χ4v) is 1.31. The largest absolute Gasteiger partial charge is 0.453 e. The smallest absolute Gasteiger partial charge is 0.307 e. The van der Waals surface area contributed by atoms with E-state index in [1.54, 1.807) is 0 Å². The molecule has 1 aromatic carbocycles. The van der Waals surface area contributed by atoms with Crippen LogP contribution in [0, 0.1) is 5.82 Å². The first-order valence-electron chi connectivity index (χ1n) is 5.67. The topological polar surface area (TPSA) is 86.5 Å². The summed E-state index contributed by atoms with van der Waals surface area (Å²) in [6.45, 7) is 1.35. The summed E-state index contributed by atoms with van der Waals surface area (Å²) in [4.78, 5) is 33.6. The number of nitrogens with two attached hydrogens (primary N) is 1. The highest BCUT2D eigenvalue weighted by Crippen LogP contribution is 2.08. The fraction of sp³-hybridized carbons (Fsp3) is 0.308. The molecule has 0 saturated carbocycles. The SMILES string of the molecule is C[C@@H](OC(=O)CCC(=O)c1ccc(F)cc1)C(N)=O. The number of ketones is 1. The minimum atomic E-state index is -1.02. The first-order chi connectivity index (χ1) is 8.90. The minimum Gasteiger partial charge on any atom is -0.453 e. The van der Waals surface area contributed by atoms with Gasteiger partial charge in [-0.2, -0.15) is 0 Å². The van der Waals surface area contributed by atoms with Gasteiger partial charge in [-0.3, -0.25) is 14.4 Å². The molecule has 5 nitrogen and oxygen atoms in total. The van der Waals surface area contributed by atoms with Gasteiger partial charge in [0.1, 0.15) is 5.82 Å². The Kier molecular flexibility index (Phi) is 5.17. The zero-order chi connectivity index (χ0) is 14.4. The number of halogens is 1. The zero-order valence-electron chi connectivity index (χ0n) is 10.4. The average molecular weight is 267 g/mol. The minimum absolute atomic E-state index is 0.0735. The molecule has 0 aliphatic heterocycles. The van der Waals surface area contributed by atoms with Crippen LogP contribution in [0.2, 0.25) is 0 Å². The van der Waals surface area contributed by atoms with Crippen LogP contribution in [-0.2, 0) is 14.3 Å². The van der Waals surface area contributed by atoms with E-state index in [-0.39, 0.29) is 18.6 Å². The van der Waals surface area contributed by atoms with Gasteiger partial charge < -0.3 is 10.5 Å². The number of amides is 1. The lowest BCUT2D eigenvalue weighted by molar-refractivity contribution is -0.153. The first kappa shape index (κ1) is 14.8. The van der Waals surface area contributed by atoms with Crippen LogP contribution in [0.4, 0.5) is 4.39 Å². The van der Waals surface area contributed by atoms with Crippen LogP contribution in [0.5, 0.6) is 0 Å². The first-order valence-corrected chi connectivity index (χ1v) is 5.67. The van der Waals surface area contributed by atoms with Gasteiger partial charge in [0.05, 0.1) is 6.42 Å². The van der Waals surface area contributed by atoms with Crippen molar-refractivity contribution in [1.29, 1.82) is 0 Å². The normalized spacial score (nSPS) is 11.7. The van der Waals surface area contributed by atoms with Gasteiger partial charge >= 0.3 is 5.97 Å². The lowest BCUT2D eigenvalue weighted by Crippen LogP contribution is -2.30. The molecule has 102 valence electrons. The van der Waals surface area contributed by atoms with Crippen LogP contribution < -0.4 is 5.73 Å². The molecule has 6 heteroatoms. The van der Waals surface area contributed by atoms with E-state index >= 15 is 0 Å². The maximum Gasteiger partial charge on any atom is 0.307 e. The maximum atomic E-state index is 12.7. The van der Waals surface area contributed by atoms with Gasteiger partial charge in [0.2, 0.25) is 0 Å². The van der Waals surface area contributed by atoms with E-state index in [0.29, 0.717) is 5.56 Å². The van der Waals surface area contributed by atoms with Crippen LogP contribution >= 0.6 is 0 Å². The number of hydrogen-bond acceptors (Lipinski definition) is 4. The fourth-order valence-electron chi connectivity index (χ4n) is 1.31. The predicted molar refractivity (Wildman–Crippen MR) is 64.7 cm³/mol. The third-order valence-corrected chi connectivity index (χ3v) is 2.43. The molecule has 0 saturated heterocycles. The van der Waals surface area contributed by atoms with E-state index in [4.69, 9.17) is 10.5 Å². The number of Topliss-reactive ketones (excluding diaryl/α,β-unsaturated/α-hetero) is 1. The summed E-state index contributed by atoms with van der Waals surface area (Å²) in [5, 5.41) is 0. The second kappa shape index (κ2) is 6.63. The molecule has 0 aliphatic rings. The van der Waals surface area contributed by atoms with Crippen LogP contribution in [0.25, 0.3) is 0 Å². The van der Waals surface area contributed by atoms with Crippen molar-refractivity contribution in [2.45, 2.75) is 25.9 Å². The van der Waals surface area contributed by atoms with Crippen molar-refractivity contribution in [3.8, 4) is 0 Å². The molecule has 0 fully saturated rings. The number of carbonyl (C=O) groups excluding carboxylic acids is 3. The van der Waals surface area contributed by atoms with E-state index in [0.717, 1.165) is 0 Å². The molecule has 1 atom stereocenters. The van der Waals surface area contributed by atoms with Crippen molar-refractivity contribution in [3.63, 3.8) is 0 Å². The summed E-state index contributed by atoms with van der Waals surface area (Å²) in [6, 6.07) is 5.02. The lowest BCUT2D eigenvalue weighted by atomic mass is 10.1. The molecule has 2 N–H and O–H groups in total. The number of benzene rings is 1. The molecule has 19 heavy (non-hydrogen) atoms. The Labute approximate surface area is 109 Å². The predicted octanol–water partition coefficient (Wildman–Crippen LogP) is 1.21. The summed E-state index contributed by atoms with van der Waals surface area (Å²) in [5.41, 5.74) is 5.24. The molecular weight excluding hydrogens is 253 g/mol. The molecule has 0 radical (unpaired) electrons. The summed E-state index contributed by atoms with van der Waals surface area (Å²) in [6.07, 6.45) is -1.25. The molecule has 0 aliphatic carbocycles. The van der Waals surface area contributed by atoms with Gasteiger partial charge in [-0.1, -0.05) is 0 Å². The molecule has 1 rings (SSSR count). The van der Waals surface area contributed by atoms with Crippen molar-refractivity contribution >= 4 is 17.7 Å². The Bertz CT molecular complexity index is 484. The Morgan fingerprint density at radius 2 is 1.79 bits per heavy atom. The van der Waals surface area contributed by atoms with Crippen LogP contribution in [0.15, 0.2) is 24.3 Å². The highest BCUT2D eigenvalue weighted by molar-refractivity contribution is 5.97. The molecule has 0 heterocycles. The summed E-state index contributed by atoms with van der Waals surface area (Å²) >= 11 is 0. The second-order valence-electron chi connectivity index (χ2n) is 3.96. The van der Waals surface area contributed by atoms with Gasteiger partial charge in [0.15, 0.2) is 11.9 Å². The number of primary amides is 1. The second-order valence-corrected chi connectivity index (χ2v) is 3.96. The molecule has 1 aromatic rings. The standard InChI is InChI=1S/C13H14FNO4/c1-8(13(15)18)19-12(17)7-6-11(16)9-2-4-10(14)5-3-9/h2-5,8H,6-7H2,1H3,(H2,15,18)/t8-/m1/s1. The third kappa shape index (κ3) is 4.87. The lowest BCUT2D eigenvalue weighted by Gasteiger charge is -2.09. The molecule has 0 unspecified atom stereocenters. The number of ether oxygens (including phenoxy) is 1. The number of hydrogen-bond donors (Lipinski definition) is 1. The number of rotatable bonds is 6. The van der Waals surface area contributed by atoms with Crippen molar-refractivity contribution in [3.05, 3.63) is 35.6 Å². The Balaban J connectivity index is 2.44. The van der Waals surface area contributed by atoms with Crippen molar-refractivity contribution in [2.24, 2.45) is 5.73 Å². The summed E-state index contributed by atoms with van der Waals surface area (Å²) in [5.74, 6) is -2.17. The van der Waals surface area contributed by atoms with Crippen LogP contribution in [0.1, 0.15) is 30.1 Å².